The van der Waals surface area contributed by atoms with E-state index in [0.29, 0.717) is 24.4 Å². The minimum Gasteiger partial charge on any atom is -0.478 e. The molecule has 0 heterocycles. The number of aromatic carboxylic acids is 1. The van der Waals surface area contributed by atoms with Crippen LogP contribution in [0.3, 0.4) is 0 Å². The highest BCUT2D eigenvalue weighted by atomic mass is 16.4. The molecule has 1 aromatic rings. The van der Waals surface area contributed by atoms with Gasteiger partial charge in [-0.15, -0.1) is 0 Å². The first kappa shape index (κ1) is 14.1. The summed E-state index contributed by atoms with van der Waals surface area (Å²) in [5.74, 6) is -0.144. The first-order valence-electron chi connectivity index (χ1n) is 7.69. The van der Waals surface area contributed by atoms with Gasteiger partial charge in [0.25, 0.3) is 0 Å². The van der Waals surface area contributed by atoms with Gasteiger partial charge in [0.1, 0.15) is 0 Å². The number of hydrogen-bond donors (Lipinski definition) is 1. The van der Waals surface area contributed by atoms with Gasteiger partial charge in [0.05, 0.1) is 12.0 Å². The van der Waals surface area contributed by atoms with E-state index in [-0.39, 0.29) is 11.5 Å². The number of nitrogens with zero attached hydrogens (tertiary/aromatic N) is 1. The van der Waals surface area contributed by atoms with Crippen molar-refractivity contribution in [3.05, 3.63) is 35.4 Å². The van der Waals surface area contributed by atoms with Crippen LogP contribution in [-0.4, -0.2) is 34.0 Å². The standard InChI is InChI=1S/C17H21NO3/c1-11(13-5-6-13)18(15-7-8-15)16(19)10-12-3-2-4-14(9-12)17(20)21/h2-4,9,11,13,15H,5-8,10H2,1H3,(H,20,21). The van der Waals surface area contributed by atoms with Crippen LogP contribution in [0.4, 0.5) is 0 Å². The second kappa shape index (κ2) is 5.51. The normalized spacial score (nSPS) is 19.1. The number of carboxylic acid groups (broad SMARTS) is 1. The summed E-state index contributed by atoms with van der Waals surface area (Å²) in [5.41, 5.74) is 1.03. The third kappa shape index (κ3) is 3.26. The van der Waals surface area contributed by atoms with Gasteiger partial charge >= 0.3 is 5.97 Å². The Hall–Kier alpha value is -1.84. The summed E-state index contributed by atoms with van der Waals surface area (Å²) in [4.78, 5) is 25.7. The topological polar surface area (TPSA) is 57.6 Å². The molecule has 2 saturated carbocycles. The maximum absolute atomic E-state index is 12.6. The van der Waals surface area contributed by atoms with E-state index in [4.69, 9.17) is 5.11 Å². The fourth-order valence-corrected chi connectivity index (χ4v) is 3.00. The molecule has 4 nitrogen and oxygen atoms in total. The Balaban J connectivity index is 1.71. The molecule has 0 radical (unpaired) electrons. The zero-order valence-corrected chi connectivity index (χ0v) is 12.3. The van der Waals surface area contributed by atoms with Gasteiger partial charge in [0.2, 0.25) is 5.91 Å². The molecule has 1 N–H and O–H groups in total. The fourth-order valence-electron chi connectivity index (χ4n) is 3.00. The fraction of sp³-hybridized carbons (Fsp3) is 0.529. The Bertz CT molecular complexity index is 561. The van der Waals surface area contributed by atoms with Gasteiger partial charge in [0.15, 0.2) is 0 Å². The highest BCUT2D eigenvalue weighted by molar-refractivity contribution is 5.88. The maximum atomic E-state index is 12.6. The Labute approximate surface area is 124 Å². The highest BCUT2D eigenvalue weighted by Crippen LogP contribution is 2.39. The summed E-state index contributed by atoms with van der Waals surface area (Å²) in [7, 11) is 0. The van der Waals surface area contributed by atoms with E-state index >= 15 is 0 Å². The first-order valence-corrected chi connectivity index (χ1v) is 7.69. The minimum absolute atomic E-state index is 0.138. The van der Waals surface area contributed by atoms with Crippen molar-refractivity contribution in [1.29, 1.82) is 0 Å². The average molecular weight is 287 g/mol. The molecule has 0 aliphatic heterocycles. The minimum atomic E-state index is -0.949. The zero-order chi connectivity index (χ0) is 15.0. The van der Waals surface area contributed by atoms with Crippen molar-refractivity contribution in [3.63, 3.8) is 0 Å². The smallest absolute Gasteiger partial charge is 0.335 e. The third-order valence-electron chi connectivity index (χ3n) is 4.50. The molecular weight excluding hydrogens is 266 g/mol. The molecule has 1 aromatic carbocycles. The summed E-state index contributed by atoms with van der Waals surface area (Å²) >= 11 is 0. The number of hydrogen-bond acceptors (Lipinski definition) is 2. The van der Waals surface area contributed by atoms with E-state index in [0.717, 1.165) is 18.4 Å². The van der Waals surface area contributed by atoms with Crippen LogP contribution in [0.15, 0.2) is 24.3 Å². The number of carbonyl (C=O) groups is 2. The van der Waals surface area contributed by atoms with Crippen molar-refractivity contribution < 1.29 is 14.7 Å². The van der Waals surface area contributed by atoms with Crippen molar-refractivity contribution in [2.75, 3.05) is 0 Å². The lowest BCUT2D eigenvalue weighted by molar-refractivity contribution is -0.133. The van der Waals surface area contributed by atoms with Gasteiger partial charge < -0.3 is 10.0 Å². The van der Waals surface area contributed by atoms with Crippen molar-refractivity contribution >= 4 is 11.9 Å². The van der Waals surface area contributed by atoms with Crippen LogP contribution in [0.5, 0.6) is 0 Å². The second-order valence-electron chi connectivity index (χ2n) is 6.29. The van der Waals surface area contributed by atoms with Crippen molar-refractivity contribution in [2.45, 2.75) is 51.1 Å². The number of benzene rings is 1. The van der Waals surface area contributed by atoms with Gasteiger partial charge in [0, 0.05) is 12.1 Å². The number of amides is 1. The summed E-state index contributed by atoms with van der Waals surface area (Å²) in [6.45, 7) is 2.15. The molecule has 2 fully saturated rings. The van der Waals surface area contributed by atoms with Gasteiger partial charge in [-0.1, -0.05) is 12.1 Å². The molecule has 4 heteroatoms. The van der Waals surface area contributed by atoms with Crippen molar-refractivity contribution in [1.82, 2.24) is 4.90 Å². The SMILES string of the molecule is CC(C1CC1)N(C(=O)Cc1cccc(C(=O)O)c1)C1CC1. The van der Waals surface area contributed by atoms with Crippen molar-refractivity contribution in [2.24, 2.45) is 5.92 Å². The van der Waals surface area contributed by atoms with Crippen LogP contribution in [0.2, 0.25) is 0 Å². The molecule has 112 valence electrons. The second-order valence-corrected chi connectivity index (χ2v) is 6.29. The van der Waals surface area contributed by atoms with E-state index in [1.54, 1.807) is 18.2 Å². The molecule has 21 heavy (non-hydrogen) atoms. The lowest BCUT2D eigenvalue weighted by atomic mass is 10.1. The van der Waals surface area contributed by atoms with Gasteiger partial charge in [-0.3, -0.25) is 4.79 Å². The van der Waals surface area contributed by atoms with Crippen LogP contribution >= 0.6 is 0 Å². The van der Waals surface area contributed by atoms with E-state index in [9.17, 15) is 9.59 Å². The number of carbonyl (C=O) groups excluding carboxylic acids is 1. The molecule has 0 bridgehead atoms. The van der Waals surface area contributed by atoms with Gasteiger partial charge in [-0.25, -0.2) is 4.79 Å². The lowest BCUT2D eigenvalue weighted by Gasteiger charge is -2.29. The highest BCUT2D eigenvalue weighted by Gasteiger charge is 2.41. The molecule has 2 aliphatic rings. The lowest BCUT2D eigenvalue weighted by Crippen LogP contribution is -2.42. The summed E-state index contributed by atoms with van der Waals surface area (Å²) in [5, 5.41) is 9.02. The molecule has 0 saturated heterocycles. The summed E-state index contributed by atoms with van der Waals surface area (Å²) in [6, 6.07) is 7.44. The molecule has 0 spiro atoms. The Morgan fingerprint density at radius 2 is 2.00 bits per heavy atom. The quantitative estimate of drug-likeness (QED) is 0.875. The van der Waals surface area contributed by atoms with Gasteiger partial charge in [-0.2, -0.15) is 0 Å². The Kier molecular flexibility index (Phi) is 3.70. The maximum Gasteiger partial charge on any atom is 0.335 e. The predicted molar refractivity (Wildman–Crippen MR) is 79.2 cm³/mol. The molecule has 0 aromatic heterocycles. The van der Waals surface area contributed by atoms with E-state index in [2.05, 4.69) is 11.8 Å². The predicted octanol–water partition coefficient (Wildman–Crippen LogP) is 2.72. The Morgan fingerprint density at radius 3 is 2.57 bits per heavy atom. The van der Waals surface area contributed by atoms with E-state index in [1.807, 2.05) is 6.07 Å². The van der Waals surface area contributed by atoms with Crippen molar-refractivity contribution in [3.8, 4) is 0 Å². The van der Waals surface area contributed by atoms with Crippen LogP contribution in [0.25, 0.3) is 0 Å². The molecule has 3 rings (SSSR count). The molecule has 1 amide bonds. The van der Waals surface area contributed by atoms with Crippen LogP contribution in [0.1, 0.15) is 48.5 Å². The Morgan fingerprint density at radius 1 is 1.29 bits per heavy atom. The monoisotopic (exact) mass is 287 g/mol. The molecular formula is C17H21NO3. The third-order valence-corrected chi connectivity index (χ3v) is 4.50. The van der Waals surface area contributed by atoms with E-state index in [1.165, 1.54) is 12.8 Å². The first-order chi connectivity index (χ1) is 10.1. The summed E-state index contributed by atoms with van der Waals surface area (Å²) in [6.07, 6.45) is 4.98. The van der Waals surface area contributed by atoms with Crippen LogP contribution < -0.4 is 0 Å². The molecule has 2 aliphatic carbocycles. The van der Waals surface area contributed by atoms with Crippen LogP contribution in [-0.2, 0) is 11.2 Å². The van der Waals surface area contributed by atoms with Gasteiger partial charge in [-0.05, 0) is 56.2 Å². The number of carboxylic acids is 1. The van der Waals surface area contributed by atoms with E-state index < -0.39 is 5.97 Å². The van der Waals surface area contributed by atoms with Crippen LogP contribution in [0, 0.1) is 5.92 Å². The zero-order valence-electron chi connectivity index (χ0n) is 12.3. The molecule has 1 unspecified atom stereocenters. The largest absolute Gasteiger partial charge is 0.478 e. The molecule has 1 atom stereocenters. The number of rotatable bonds is 6. The average Bonchev–Trinajstić information content (AvgIpc) is 3.31. The summed E-state index contributed by atoms with van der Waals surface area (Å²) < 4.78 is 0.